The molecule has 0 radical (unpaired) electrons. The fourth-order valence-electron chi connectivity index (χ4n) is 2.96. The molecule has 2 fully saturated rings. The van der Waals surface area contributed by atoms with Gasteiger partial charge in [0.1, 0.15) is 0 Å². The van der Waals surface area contributed by atoms with Crippen LogP contribution in [0.3, 0.4) is 0 Å². The quantitative estimate of drug-likeness (QED) is 0.726. The molecular weight excluding hydrogens is 172 g/mol. The van der Waals surface area contributed by atoms with E-state index < -0.39 is 0 Å². The molecule has 2 atom stereocenters. The summed E-state index contributed by atoms with van der Waals surface area (Å²) in [7, 11) is 0. The van der Waals surface area contributed by atoms with E-state index in [1.54, 1.807) is 0 Å². The average Bonchev–Trinajstić information content (AvgIpc) is 2.14. The second-order valence-corrected chi connectivity index (χ2v) is 5.37. The molecule has 0 spiro atoms. The summed E-state index contributed by atoms with van der Waals surface area (Å²) in [6, 6.07) is 1.45. The molecule has 2 nitrogen and oxygen atoms in total. The molecule has 1 N–H and O–H groups in total. The van der Waals surface area contributed by atoms with Gasteiger partial charge < -0.3 is 5.32 Å². The number of piperazine rings is 1. The Morgan fingerprint density at radius 2 is 2.14 bits per heavy atom. The Labute approximate surface area is 88.1 Å². The lowest BCUT2D eigenvalue weighted by atomic mass is 9.75. The van der Waals surface area contributed by atoms with Crippen molar-refractivity contribution >= 4 is 0 Å². The van der Waals surface area contributed by atoms with Gasteiger partial charge in [0.15, 0.2) is 0 Å². The van der Waals surface area contributed by atoms with E-state index >= 15 is 0 Å². The van der Waals surface area contributed by atoms with Crippen LogP contribution in [0.4, 0.5) is 0 Å². The molecule has 2 aliphatic rings. The molecule has 82 valence electrons. The predicted molar refractivity (Wildman–Crippen MR) is 60.5 cm³/mol. The van der Waals surface area contributed by atoms with Crippen molar-refractivity contribution in [1.29, 1.82) is 0 Å². The van der Waals surface area contributed by atoms with Gasteiger partial charge in [-0.2, -0.15) is 0 Å². The summed E-state index contributed by atoms with van der Waals surface area (Å²) in [6.07, 6.45) is 5.55. The van der Waals surface area contributed by atoms with Gasteiger partial charge in [-0.15, -0.1) is 0 Å². The molecule has 2 rings (SSSR count). The Balaban J connectivity index is 2.04. The molecule has 2 unspecified atom stereocenters. The van der Waals surface area contributed by atoms with Gasteiger partial charge in [-0.25, -0.2) is 0 Å². The van der Waals surface area contributed by atoms with Gasteiger partial charge in [-0.05, 0) is 39.5 Å². The average molecular weight is 196 g/mol. The summed E-state index contributed by atoms with van der Waals surface area (Å²) in [5, 5.41) is 3.59. The minimum atomic E-state index is 0.539. The summed E-state index contributed by atoms with van der Waals surface area (Å²) in [6.45, 7) is 9.51. The standard InChI is InChI=1S/C12H24N2/c1-4-11-8-13-10(2)9-14(11)12(3)6-5-7-12/h10-11,13H,4-9H2,1-3H3. The summed E-state index contributed by atoms with van der Waals surface area (Å²) in [5.74, 6) is 0. The van der Waals surface area contributed by atoms with Crippen molar-refractivity contribution in [3.05, 3.63) is 0 Å². The molecule has 1 heterocycles. The van der Waals surface area contributed by atoms with Gasteiger partial charge in [0.2, 0.25) is 0 Å². The zero-order valence-corrected chi connectivity index (χ0v) is 9.84. The SMILES string of the molecule is CCC1CNC(C)CN1C1(C)CCC1. The first-order chi connectivity index (χ1) is 6.65. The monoisotopic (exact) mass is 196 g/mol. The van der Waals surface area contributed by atoms with Crippen LogP contribution in [-0.2, 0) is 0 Å². The Bertz CT molecular complexity index is 198. The lowest BCUT2D eigenvalue weighted by Gasteiger charge is -2.54. The van der Waals surface area contributed by atoms with Crippen LogP contribution in [0.2, 0.25) is 0 Å². The van der Waals surface area contributed by atoms with Crippen molar-refractivity contribution in [1.82, 2.24) is 10.2 Å². The number of hydrogen-bond acceptors (Lipinski definition) is 2. The van der Waals surface area contributed by atoms with E-state index in [-0.39, 0.29) is 0 Å². The van der Waals surface area contributed by atoms with Crippen LogP contribution < -0.4 is 5.32 Å². The second kappa shape index (κ2) is 3.82. The smallest absolute Gasteiger partial charge is 0.0224 e. The first-order valence-corrected chi connectivity index (χ1v) is 6.16. The number of nitrogens with zero attached hydrogens (tertiary/aromatic N) is 1. The number of rotatable bonds is 2. The van der Waals surface area contributed by atoms with E-state index in [1.165, 1.54) is 38.8 Å². The zero-order chi connectivity index (χ0) is 10.2. The first kappa shape index (κ1) is 10.4. The highest BCUT2D eigenvalue weighted by molar-refractivity contribution is 4.99. The largest absolute Gasteiger partial charge is 0.311 e. The third-order valence-corrected chi connectivity index (χ3v) is 4.21. The Kier molecular flexibility index (Phi) is 2.85. The van der Waals surface area contributed by atoms with E-state index in [1.807, 2.05) is 0 Å². The second-order valence-electron chi connectivity index (χ2n) is 5.37. The van der Waals surface area contributed by atoms with Gasteiger partial charge in [0, 0.05) is 30.7 Å². The fraction of sp³-hybridized carbons (Fsp3) is 1.00. The van der Waals surface area contributed by atoms with Gasteiger partial charge in [0.25, 0.3) is 0 Å². The summed E-state index contributed by atoms with van der Waals surface area (Å²) in [4.78, 5) is 2.78. The lowest BCUT2D eigenvalue weighted by molar-refractivity contribution is -0.0274. The van der Waals surface area contributed by atoms with Crippen molar-refractivity contribution in [3.8, 4) is 0 Å². The minimum absolute atomic E-state index is 0.539. The third-order valence-electron chi connectivity index (χ3n) is 4.21. The van der Waals surface area contributed by atoms with Crippen molar-refractivity contribution in [2.45, 2.75) is 64.1 Å². The maximum atomic E-state index is 3.59. The van der Waals surface area contributed by atoms with Gasteiger partial charge in [-0.1, -0.05) is 6.92 Å². The molecule has 2 heteroatoms. The van der Waals surface area contributed by atoms with Crippen LogP contribution in [0.5, 0.6) is 0 Å². The molecule has 1 saturated carbocycles. The molecule has 1 aliphatic carbocycles. The molecule has 1 saturated heterocycles. The van der Waals surface area contributed by atoms with Crippen LogP contribution in [-0.4, -0.2) is 35.6 Å². The summed E-state index contributed by atoms with van der Waals surface area (Å²) in [5.41, 5.74) is 0.539. The number of hydrogen-bond donors (Lipinski definition) is 1. The Morgan fingerprint density at radius 3 is 2.64 bits per heavy atom. The number of nitrogens with one attached hydrogen (secondary N) is 1. The summed E-state index contributed by atoms with van der Waals surface area (Å²) >= 11 is 0. The van der Waals surface area contributed by atoms with Gasteiger partial charge in [0.05, 0.1) is 0 Å². The van der Waals surface area contributed by atoms with Gasteiger partial charge in [-0.3, -0.25) is 4.90 Å². The predicted octanol–water partition coefficient (Wildman–Crippen LogP) is 2.00. The highest BCUT2D eigenvalue weighted by Crippen LogP contribution is 2.39. The molecule has 0 aromatic heterocycles. The van der Waals surface area contributed by atoms with Crippen LogP contribution in [0.1, 0.15) is 46.5 Å². The molecule has 0 amide bonds. The maximum Gasteiger partial charge on any atom is 0.0224 e. The molecule has 0 aromatic rings. The van der Waals surface area contributed by atoms with Crippen molar-refractivity contribution < 1.29 is 0 Å². The summed E-state index contributed by atoms with van der Waals surface area (Å²) < 4.78 is 0. The van der Waals surface area contributed by atoms with E-state index in [0.29, 0.717) is 11.6 Å². The van der Waals surface area contributed by atoms with E-state index in [2.05, 4.69) is 31.0 Å². The fourth-order valence-corrected chi connectivity index (χ4v) is 2.96. The maximum absolute atomic E-state index is 3.59. The third kappa shape index (κ3) is 1.70. The first-order valence-electron chi connectivity index (χ1n) is 6.16. The van der Waals surface area contributed by atoms with Crippen LogP contribution >= 0.6 is 0 Å². The highest BCUT2D eigenvalue weighted by Gasteiger charge is 2.42. The van der Waals surface area contributed by atoms with E-state index in [0.717, 1.165) is 6.04 Å². The molecule has 1 aliphatic heterocycles. The van der Waals surface area contributed by atoms with Crippen LogP contribution in [0.15, 0.2) is 0 Å². The van der Waals surface area contributed by atoms with Crippen LogP contribution in [0, 0.1) is 0 Å². The topological polar surface area (TPSA) is 15.3 Å². The Hall–Kier alpha value is -0.0800. The zero-order valence-electron chi connectivity index (χ0n) is 9.84. The van der Waals surface area contributed by atoms with E-state index in [4.69, 9.17) is 0 Å². The van der Waals surface area contributed by atoms with Gasteiger partial charge >= 0.3 is 0 Å². The van der Waals surface area contributed by atoms with E-state index in [9.17, 15) is 0 Å². The molecule has 0 aromatic carbocycles. The highest BCUT2D eigenvalue weighted by atomic mass is 15.3. The Morgan fingerprint density at radius 1 is 1.43 bits per heavy atom. The lowest BCUT2D eigenvalue weighted by Crippen LogP contribution is -2.64. The molecular formula is C12H24N2. The van der Waals surface area contributed by atoms with Crippen LogP contribution in [0.25, 0.3) is 0 Å². The van der Waals surface area contributed by atoms with Crippen molar-refractivity contribution in [3.63, 3.8) is 0 Å². The minimum Gasteiger partial charge on any atom is -0.311 e. The molecule has 14 heavy (non-hydrogen) atoms. The van der Waals surface area contributed by atoms with Crippen molar-refractivity contribution in [2.24, 2.45) is 0 Å². The normalized spacial score (nSPS) is 37.9. The van der Waals surface area contributed by atoms with Crippen molar-refractivity contribution in [2.75, 3.05) is 13.1 Å². The molecule has 0 bridgehead atoms.